The summed E-state index contributed by atoms with van der Waals surface area (Å²) in [6.07, 6.45) is 5.17. The molecular weight excluding hydrogens is 200 g/mol. The molecule has 0 radical (unpaired) electrons. The Bertz CT molecular complexity index is 298. The first-order chi connectivity index (χ1) is 7.53. The standard InChI is InChI=1S/C12H24N4/c1-5-9-16-11(10-14-15-16)7-6-8-13-12(2,3)4/h10,13H,5-9H2,1-4H3. The molecule has 0 aliphatic rings. The Labute approximate surface area is 98.4 Å². The summed E-state index contributed by atoms with van der Waals surface area (Å²) >= 11 is 0. The molecule has 0 spiro atoms. The van der Waals surface area contributed by atoms with E-state index < -0.39 is 0 Å². The molecule has 0 unspecified atom stereocenters. The molecule has 1 heterocycles. The molecule has 4 nitrogen and oxygen atoms in total. The van der Waals surface area contributed by atoms with Gasteiger partial charge in [-0.05, 0) is 46.6 Å². The Morgan fingerprint density at radius 2 is 2.12 bits per heavy atom. The van der Waals surface area contributed by atoms with E-state index in [0.717, 1.165) is 32.4 Å². The van der Waals surface area contributed by atoms with E-state index in [9.17, 15) is 0 Å². The molecule has 1 aromatic rings. The Kier molecular flexibility index (Phi) is 4.93. The van der Waals surface area contributed by atoms with Crippen molar-refractivity contribution in [3.8, 4) is 0 Å². The third kappa shape index (κ3) is 4.75. The van der Waals surface area contributed by atoms with Crippen LogP contribution in [0.25, 0.3) is 0 Å². The quantitative estimate of drug-likeness (QED) is 0.752. The van der Waals surface area contributed by atoms with Crippen molar-refractivity contribution in [2.24, 2.45) is 0 Å². The highest BCUT2D eigenvalue weighted by Crippen LogP contribution is 2.03. The number of rotatable bonds is 6. The van der Waals surface area contributed by atoms with E-state index in [0.29, 0.717) is 0 Å². The van der Waals surface area contributed by atoms with Gasteiger partial charge in [0.1, 0.15) is 0 Å². The third-order valence-corrected chi connectivity index (χ3v) is 2.40. The number of hydrogen-bond acceptors (Lipinski definition) is 3. The van der Waals surface area contributed by atoms with Gasteiger partial charge in [0.05, 0.1) is 11.9 Å². The second kappa shape index (κ2) is 5.99. The number of hydrogen-bond donors (Lipinski definition) is 1. The molecule has 1 rings (SSSR count). The van der Waals surface area contributed by atoms with Gasteiger partial charge in [0, 0.05) is 12.1 Å². The second-order valence-corrected chi connectivity index (χ2v) is 5.23. The average Bonchev–Trinajstić information content (AvgIpc) is 2.60. The lowest BCUT2D eigenvalue weighted by atomic mass is 10.1. The summed E-state index contributed by atoms with van der Waals surface area (Å²) in [5, 5.41) is 11.5. The van der Waals surface area contributed by atoms with E-state index in [4.69, 9.17) is 0 Å². The van der Waals surface area contributed by atoms with E-state index in [2.05, 4.69) is 43.3 Å². The van der Waals surface area contributed by atoms with Crippen LogP contribution in [0, 0.1) is 0 Å². The zero-order valence-electron chi connectivity index (χ0n) is 11.0. The van der Waals surface area contributed by atoms with E-state index in [1.807, 2.05) is 10.9 Å². The zero-order valence-corrected chi connectivity index (χ0v) is 11.0. The monoisotopic (exact) mass is 224 g/mol. The summed E-state index contributed by atoms with van der Waals surface area (Å²) in [6.45, 7) is 10.7. The van der Waals surface area contributed by atoms with Gasteiger partial charge in [-0.2, -0.15) is 0 Å². The first-order valence-electron chi connectivity index (χ1n) is 6.15. The molecule has 92 valence electrons. The smallest absolute Gasteiger partial charge is 0.0725 e. The highest BCUT2D eigenvalue weighted by atomic mass is 15.4. The summed E-state index contributed by atoms with van der Waals surface area (Å²) in [5.41, 5.74) is 1.46. The number of nitrogens with zero attached hydrogens (tertiary/aromatic N) is 3. The molecule has 1 N–H and O–H groups in total. The SMILES string of the molecule is CCCn1nncc1CCCNC(C)(C)C. The molecule has 0 aliphatic heterocycles. The number of nitrogens with one attached hydrogen (secondary N) is 1. The Balaban J connectivity index is 2.29. The average molecular weight is 224 g/mol. The van der Waals surface area contributed by atoms with Crippen molar-refractivity contribution in [1.82, 2.24) is 20.3 Å². The molecule has 1 aromatic heterocycles. The second-order valence-electron chi connectivity index (χ2n) is 5.23. The molecule has 0 saturated carbocycles. The van der Waals surface area contributed by atoms with Crippen LogP contribution in [0.1, 0.15) is 46.2 Å². The fourth-order valence-electron chi connectivity index (χ4n) is 1.61. The molecule has 0 amide bonds. The summed E-state index contributed by atoms with van der Waals surface area (Å²) in [5.74, 6) is 0. The van der Waals surface area contributed by atoms with Crippen LogP contribution >= 0.6 is 0 Å². The summed E-state index contributed by atoms with van der Waals surface area (Å²) < 4.78 is 2.01. The first-order valence-corrected chi connectivity index (χ1v) is 6.15. The third-order valence-electron chi connectivity index (χ3n) is 2.40. The number of aryl methyl sites for hydroxylation is 2. The summed E-state index contributed by atoms with van der Waals surface area (Å²) in [4.78, 5) is 0. The van der Waals surface area contributed by atoms with Gasteiger partial charge in [0.2, 0.25) is 0 Å². The van der Waals surface area contributed by atoms with Gasteiger partial charge in [0.25, 0.3) is 0 Å². The van der Waals surface area contributed by atoms with E-state index in [1.54, 1.807) is 0 Å². The minimum atomic E-state index is 0.210. The zero-order chi connectivity index (χ0) is 12.0. The van der Waals surface area contributed by atoms with Crippen LogP contribution in [0.5, 0.6) is 0 Å². The van der Waals surface area contributed by atoms with Crippen LogP contribution in [0.3, 0.4) is 0 Å². The Morgan fingerprint density at radius 3 is 2.75 bits per heavy atom. The normalized spacial score (nSPS) is 12.0. The lowest BCUT2D eigenvalue weighted by Crippen LogP contribution is -2.36. The summed E-state index contributed by atoms with van der Waals surface area (Å²) in [7, 11) is 0. The molecule has 0 saturated heterocycles. The van der Waals surface area contributed by atoms with Gasteiger partial charge in [-0.1, -0.05) is 12.1 Å². The molecule has 16 heavy (non-hydrogen) atoms. The molecule has 4 heteroatoms. The van der Waals surface area contributed by atoms with Crippen molar-refractivity contribution >= 4 is 0 Å². The minimum absolute atomic E-state index is 0.210. The number of aromatic nitrogens is 3. The predicted molar refractivity (Wildman–Crippen MR) is 66.4 cm³/mol. The fraction of sp³-hybridized carbons (Fsp3) is 0.833. The highest BCUT2D eigenvalue weighted by Gasteiger charge is 2.08. The lowest BCUT2D eigenvalue weighted by molar-refractivity contribution is 0.420. The summed E-state index contributed by atoms with van der Waals surface area (Å²) in [6, 6.07) is 0. The van der Waals surface area contributed by atoms with E-state index >= 15 is 0 Å². The molecule has 0 aromatic carbocycles. The fourth-order valence-corrected chi connectivity index (χ4v) is 1.61. The van der Waals surface area contributed by atoms with E-state index in [1.165, 1.54) is 5.69 Å². The largest absolute Gasteiger partial charge is 0.312 e. The maximum absolute atomic E-state index is 4.08. The van der Waals surface area contributed by atoms with Crippen molar-refractivity contribution < 1.29 is 0 Å². The highest BCUT2D eigenvalue weighted by molar-refractivity contribution is 4.94. The minimum Gasteiger partial charge on any atom is -0.312 e. The van der Waals surface area contributed by atoms with Crippen molar-refractivity contribution in [1.29, 1.82) is 0 Å². The van der Waals surface area contributed by atoms with Crippen LogP contribution in [-0.4, -0.2) is 27.1 Å². The topological polar surface area (TPSA) is 42.7 Å². The van der Waals surface area contributed by atoms with Gasteiger partial charge in [-0.3, -0.25) is 0 Å². The maximum atomic E-state index is 4.08. The van der Waals surface area contributed by atoms with Gasteiger partial charge in [0.15, 0.2) is 0 Å². The van der Waals surface area contributed by atoms with Crippen LogP contribution < -0.4 is 5.32 Å². The Morgan fingerprint density at radius 1 is 1.38 bits per heavy atom. The van der Waals surface area contributed by atoms with E-state index in [-0.39, 0.29) is 5.54 Å². The molecule has 0 fully saturated rings. The van der Waals surface area contributed by atoms with Gasteiger partial charge in [-0.25, -0.2) is 4.68 Å². The van der Waals surface area contributed by atoms with Crippen molar-refractivity contribution in [2.75, 3.05) is 6.54 Å². The van der Waals surface area contributed by atoms with Crippen molar-refractivity contribution in [3.63, 3.8) is 0 Å². The van der Waals surface area contributed by atoms with Crippen LogP contribution in [0.4, 0.5) is 0 Å². The maximum Gasteiger partial charge on any atom is 0.0725 e. The predicted octanol–water partition coefficient (Wildman–Crippen LogP) is 2.01. The van der Waals surface area contributed by atoms with Crippen molar-refractivity contribution in [2.45, 2.75) is 59.0 Å². The van der Waals surface area contributed by atoms with Crippen LogP contribution in [0.2, 0.25) is 0 Å². The van der Waals surface area contributed by atoms with Crippen molar-refractivity contribution in [3.05, 3.63) is 11.9 Å². The molecule has 0 bridgehead atoms. The van der Waals surface area contributed by atoms with Crippen LogP contribution in [0.15, 0.2) is 6.20 Å². The molecular formula is C12H24N4. The van der Waals surface area contributed by atoms with Gasteiger partial charge in [-0.15, -0.1) is 5.10 Å². The van der Waals surface area contributed by atoms with Gasteiger partial charge < -0.3 is 5.32 Å². The van der Waals surface area contributed by atoms with Gasteiger partial charge >= 0.3 is 0 Å². The van der Waals surface area contributed by atoms with Crippen LogP contribution in [-0.2, 0) is 13.0 Å². The molecule has 0 atom stereocenters. The Hall–Kier alpha value is -0.900. The lowest BCUT2D eigenvalue weighted by Gasteiger charge is -2.20. The molecule has 0 aliphatic carbocycles. The first kappa shape index (κ1) is 13.2.